The first kappa shape index (κ1) is 13.2. The highest BCUT2D eigenvalue weighted by molar-refractivity contribution is 5.37. The van der Waals surface area contributed by atoms with E-state index in [0.717, 1.165) is 0 Å². The van der Waals surface area contributed by atoms with Crippen LogP contribution in [0.2, 0.25) is 0 Å². The maximum atomic E-state index is 11.7. The van der Waals surface area contributed by atoms with Gasteiger partial charge in [0, 0.05) is 16.1 Å². The lowest BCUT2D eigenvalue weighted by molar-refractivity contribution is -0.578. The molecule has 0 amide bonds. The highest BCUT2D eigenvalue weighted by Crippen LogP contribution is 2.36. The van der Waals surface area contributed by atoms with Gasteiger partial charge in [-0.05, 0) is 6.92 Å². The van der Waals surface area contributed by atoms with Gasteiger partial charge in [0.2, 0.25) is 0 Å². The van der Waals surface area contributed by atoms with Crippen LogP contribution in [0.15, 0.2) is 60.7 Å². The first-order chi connectivity index (χ1) is 9.10. The van der Waals surface area contributed by atoms with Gasteiger partial charge in [-0.15, -0.1) is 0 Å². The monoisotopic (exact) mass is 257 g/mol. The molecule has 0 spiro atoms. The molecule has 4 heteroatoms. The van der Waals surface area contributed by atoms with Crippen molar-refractivity contribution in [2.75, 3.05) is 0 Å². The van der Waals surface area contributed by atoms with Crippen LogP contribution in [-0.4, -0.2) is 16.1 Å². The maximum Gasteiger partial charge on any atom is 0.297 e. The van der Waals surface area contributed by atoms with Crippen LogP contribution in [0.1, 0.15) is 18.1 Å². The smallest absolute Gasteiger partial charge is 0.297 e. The summed E-state index contributed by atoms with van der Waals surface area (Å²) in [7, 11) is 0. The summed E-state index contributed by atoms with van der Waals surface area (Å²) in [6, 6.07) is 17.2. The van der Waals surface area contributed by atoms with Crippen molar-refractivity contribution >= 4 is 0 Å². The Labute approximate surface area is 111 Å². The Morgan fingerprint density at radius 3 is 1.63 bits per heavy atom. The summed E-state index contributed by atoms with van der Waals surface area (Å²) in [6.45, 7) is 1.45. The molecule has 1 unspecified atom stereocenters. The Bertz CT molecular complexity index is 513. The third-order valence-corrected chi connectivity index (χ3v) is 3.32. The summed E-state index contributed by atoms with van der Waals surface area (Å²) in [4.78, 5) is 11.3. The Hall–Kier alpha value is -2.20. The largest absolute Gasteiger partial charge is 0.385 e. The molecule has 0 heterocycles. The predicted molar refractivity (Wildman–Crippen MR) is 72.3 cm³/mol. The first-order valence-corrected chi connectivity index (χ1v) is 6.03. The molecule has 0 fully saturated rings. The third kappa shape index (κ3) is 2.11. The highest BCUT2D eigenvalue weighted by atomic mass is 16.6. The van der Waals surface area contributed by atoms with Crippen molar-refractivity contribution < 1.29 is 10.0 Å². The van der Waals surface area contributed by atoms with Gasteiger partial charge in [0.1, 0.15) is 6.10 Å². The van der Waals surface area contributed by atoms with Gasteiger partial charge in [-0.1, -0.05) is 60.7 Å². The standard InChI is InChI=1S/C15H15NO3/c1-12(17)15(16(18)19,13-8-4-2-5-9-13)14-10-6-3-7-11-14/h2-12,17H,1H3. The fourth-order valence-electron chi connectivity index (χ4n) is 2.40. The Kier molecular flexibility index (Phi) is 3.62. The van der Waals surface area contributed by atoms with Crippen LogP contribution in [0.25, 0.3) is 0 Å². The number of rotatable bonds is 4. The number of nitro groups is 1. The van der Waals surface area contributed by atoms with Crippen molar-refractivity contribution in [2.24, 2.45) is 0 Å². The molecule has 0 radical (unpaired) electrons. The number of hydrogen-bond donors (Lipinski definition) is 1. The van der Waals surface area contributed by atoms with E-state index < -0.39 is 16.6 Å². The molecular formula is C15H15NO3. The molecule has 2 aromatic carbocycles. The van der Waals surface area contributed by atoms with Crippen molar-refractivity contribution in [3.8, 4) is 0 Å². The van der Waals surface area contributed by atoms with Crippen molar-refractivity contribution in [3.63, 3.8) is 0 Å². The van der Waals surface area contributed by atoms with Gasteiger partial charge in [-0.25, -0.2) is 0 Å². The van der Waals surface area contributed by atoms with E-state index in [-0.39, 0.29) is 0 Å². The van der Waals surface area contributed by atoms with E-state index in [1.807, 2.05) is 0 Å². The minimum absolute atomic E-state index is 0.414. The molecule has 1 N–H and O–H groups in total. The molecule has 2 rings (SSSR count). The molecule has 0 aliphatic heterocycles. The summed E-state index contributed by atoms with van der Waals surface area (Å²) in [6.07, 6.45) is -1.15. The number of nitrogens with zero attached hydrogens (tertiary/aromatic N) is 1. The first-order valence-electron chi connectivity index (χ1n) is 6.03. The Morgan fingerprint density at radius 1 is 1.00 bits per heavy atom. The fraction of sp³-hybridized carbons (Fsp3) is 0.200. The van der Waals surface area contributed by atoms with Gasteiger partial charge < -0.3 is 5.11 Å². The predicted octanol–water partition coefficient (Wildman–Crippen LogP) is 2.59. The van der Waals surface area contributed by atoms with E-state index in [1.54, 1.807) is 60.7 Å². The molecule has 0 aliphatic rings. The van der Waals surface area contributed by atoms with Crippen LogP contribution in [-0.2, 0) is 5.54 Å². The second kappa shape index (κ2) is 5.20. The van der Waals surface area contributed by atoms with Gasteiger partial charge >= 0.3 is 0 Å². The van der Waals surface area contributed by atoms with Crippen molar-refractivity contribution in [1.82, 2.24) is 0 Å². The summed E-state index contributed by atoms with van der Waals surface area (Å²) >= 11 is 0. The molecule has 0 aromatic heterocycles. The molecular weight excluding hydrogens is 242 g/mol. The van der Waals surface area contributed by atoms with Crippen molar-refractivity contribution in [3.05, 3.63) is 81.9 Å². The van der Waals surface area contributed by atoms with Crippen LogP contribution in [0.5, 0.6) is 0 Å². The van der Waals surface area contributed by atoms with E-state index in [2.05, 4.69) is 0 Å². The second-order valence-corrected chi connectivity index (χ2v) is 4.43. The lowest BCUT2D eigenvalue weighted by Gasteiger charge is -2.28. The molecule has 0 saturated carbocycles. The zero-order chi connectivity index (χ0) is 13.9. The summed E-state index contributed by atoms with van der Waals surface area (Å²) in [5.41, 5.74) is -0.690. The molecule has 0 bridgehead atoms. The molecule has 1 atom stereocenters. The van der Waals surface area contributed by atoms with Crippen molar-refractivity contribution in [2.45, 2.75) is 18.6 Å². The van der Waals surface area contributed by atoms with E-state index in [0.29, 0.717) is 11.1 Å². The molecule has 0 saturated heterocycles. The summed E-state index contributed by atoms with van der Waals surface area (Å²) in [5, 5.41) is 21.8. The van der Waals surface area contributed by atoms with Crippen LogP contribution < -0.4 is 0 Å². The fourth-order valence-corrected chi connectivity index (χ4v) is 2.40. The average molecular weight is 257 g/mol. The quantitative estimate of drug-likeness (QED) is 0.676. The third-order valence-electron chi connectivity index (χ3n) is 3.32. The van der Waals surface area contributed by atoms with E-state index >= 15 is 0 Å². The SMILES string of the molecule is CC(O)C(c1ccccc1)(c1ccccc1)[N+](=O)[O-]. The lowest BCUT2D eigenvalue weighted by Crippen LogP contribution is -2.46. The normalized spacial score (nSPS) is 12.9. The molecule has 0 aliphatic carbocycles. The van der Waals surface area contributed by atoms with E-state index in [1.165, 1.54) is 6.92 Å². The maximum absolute atomic E-state index is 11.7. The molecule has 4 nitrogen and oxygen atoms in total. The number of aliphatic hydroxyl groups excluding tert-OH is 1. The average Bonchev–Trinajstić information content (AvgIpc) is 2.41. The van der Waals surface area contributed by atoms with E-state index in [9.17, 15) is 15.2 Å². The van der Waals surface area contributed by atoms with Crippen LogP contribution in [0, 0.1) is 10.1 Å². The minimum atomic E-state index is -1.64. The Morgan fingerprint density at radius 2 is 1.37 bits per heavy atom. The molecule has 2 aromatic rings. The van der Waals surface area contributed by atoms with Crippen LogP contribution in [0.4, 0.5) is 0 Å². The topological polar surface area (TPSA) is 63.4 Å². The van der Waals surface area contributed by atoms with Gasteiger partial charge in [0.05, 0.1) is 0 Å². The number of aliphatic hydroxyl groups is 1. The van der Waals surface area contributed by atoms with Crippen molar-refractivity contribution in [1.29, 1.82) is 0 Å². The molecule has 19 heavy (non-hydrogen) atoms. The summed E-state index contributed by atoms with van der Waals surface area (Å²) in [5.74, 6) is 0. The lowest BCUT2D eigenvalue weighted by atomic mass is 9.79. The Balaban J connectivity index is 2.73. The highest BCUT2D eigenvalue weighted by Gasteiger charge is 2.51. The van der Waals surface area contributed by atoms with Gasteiger partial charge in [0.15, 0.2) is 0 Å². The summed E-state index contributed by atoms with van der Waals surface area (Å²) < 4.78 is 0. The zero-order valence-electron chi connectivity index (χ0n) is 10.6. The van der Waals surface area contributed by atoms with Crippen LogP contribution in [0.3, 0.4) is 0 Å². The van der Waals surface area contributed by atoms with Crippen LogP contribution >= 0.6 is 0 Å². The van der Waals surface area contributed by atoms with Gasteiger partial charge in [0.25, 0.3) is 5.54 Å². The number of benzene rings is 2. The van der Waals surface area contributed by atoms with Gasteiger partial charge in [-0.3, -0.25) is 10.1 Å². The number of hydrogen-bond acceptors (Lipinski definition) is 3. The van der Waals surface area contributed by atoms with E-state index in [4.69, 9.17) is 0 Å². The minimum Gasteiger partial charge on any atom is -0.385 e. The zero-order valence-corrected chi connectivity index (χ0v) is 10.6. The van der Waals surface area contributed by atoms with Gasteiger partial charge in [-0.2, -0.15) is 0 Å². The second-order valence-electron chi connectivity index (χ2n) is 4.43. The molecule has 98 valence electrons.